The van der Waals surface area contributed by atoms with E-state index < -0.39 is 47.4 Å². The highest BCUT2D eigenvalue weighted by Gasteiger charge is 2.33. The highest BCUT2D eigenvalue weighted by atomic mass is 19.1. The van der Waals surface area contributed by atoms with E-state index in [1.54, 1.807) is 10.6 Å². The molecule has 3 heterocycles. The molecule has 4 N–H and O–H groups in total. The summed E-state index contributed by atoms with van der Waals surface area (Å²) in [7, 11) is 0. The van der Waals surface area contributed by atoms with Gasteiger partial charge >= 0.3 is 6.09 Å². The average Bonchev–Trinajstić information content (AvgIpc) is 3.54. The second-order valence-electron chi connectivity index (χ2n) is 8.91. The van der Waals surface area contributed by atoms with Crippen molar-refractivity contribution in [3.8, 4) is 6.07 Å². The maximum atomic E-state index is 14.7. The van der Waals surface area contributed by atoms with Crippen molar-refractivity contribution in [3.05, 3.63) is 54.2 Å². The number of hydrogen-bond acceptors (Lipinski definition) is 9. The van der Waals surface area contributed by atoms with Crippen LogP contribution < -0.4 is 26.2 Å². The lowest BCUT2D eigenvalue weighted by molar-refractivity contribution is -0.122. The first-order valence-electron chi connectivity index (χ1n) is 12.4. The number of halogens is 2. The van der Waals surface area contributed by atoms with Crippen molar-refractivity contribution < 1.29 is 32.7 Å². The third-order valence-electron chi connectivity index (χ3n) is 5.93. The Labute approximate surface area is 231 Å². The number of anilines is 2. The zero-order valence-corrected chi connectivity index (χ0v) is 21.7. The third kappa shape index (κ3) is 7.01. The van der Waals surface area contributed by atoms with Crippen molar-refractivity contribution in [1.29, 1.82) is 5.26 Å². The van der Waals surface area contributed by atoms with Crippen LogP contribution in [-0.2, 0) is 14.3 Å². The van der Waals surface area contributed by atoms with Gasteiger partial charge in [-0.3, -0.25) is 24.3 Å². The largest absolute Gasteiger partial charge is 0.442 e. The van der Waals surface area contributed by atoms with Crippen LogP contribution in [0.15, 0.2) is 36.9 Å². The van der Waals surface area contributed by atoms with Crippen molar-refractivity contribution in [1.82, 2.24) is 30.3 Å². The molecule has 0 bridgehead atoms. The molecule has 2 atom stereocenters. The van der Waals surface area contributed by atoms with Gasteiger partial charge in [0.2, 0.25) is 11.8 Å². The number of imidazole rings is 1. The van der Waals surface area contributed by atoms with Gasteiger partial charge < -0.3 is 30.4 Å². The van der Waals surface area contributed by atoms with E-state index in [4.69, 9.17) is 10.00 Å². The van der Waals surface area contributed by atoms with Crippen LogP contribution in [0.4, 0.5) is 25.0 Å². The van der Waals surface area contributed by atoms with Crippen molar-refractivity contribution in [2.75, 3.05) is 36.4 Å². The Kier molecular flexibility index (Phi) is 8.87. The van der Waals surface area contributed by atoms with Crippen molar-refractivity contribution in [2.45, 2.75) is 25.5 Å². The van der Waals surface area contributed by atoms with Crippen molar-refractivity contribution in [2.24, 2.45) is 0 Å². The smallest absolute Gasteiger partial charge is 0.414 e. The second kappa shape index (κ2) is 12.7. The van der Waals surface area contributed by atoms with E-state index in [0.717, 1.165) is 17.0 Å². The van der Waals surface area contributed by atoms with Crippen LogP contribution in [0.25, 0.3) is 5.65 Å². The van der Waals surface area contributed by atoms with Crippen LogP contribution >= 0.6 is 0 Å². The number of cyclic esters (lactones) is 1. The van der Waals surface area contributed by atoms with Gasteiger partial charge in [0.25, 0.3) is 5.91 Å². The fourth-order valence-electron chi connectivity index (χ4n) is 3.96. The molecule has 1 aliphatic rings. The normalized spacial score (nSPS) is 15.1. The maximum absolute atomic E-state index is 14.7. The van der Waals surface area contributed by atoms with E-state index >= 15 is 0 Å². The number of hydrogen-bond donors (Lipinski definition) is 4. The van der Waals surface area contributed by atoms with Crippen molar-refractivity contribution >= 4 is 40.8 Å². The predicted octanol–water partition coefficient (Wildman–Crippen LogP) is 0.709. The Morgan fingerprint density at radius 2 is 1.98 bits per heavy atom. The van der Waals surface area contributed by atoms with Gasteiger partial charge in [0.15, 0.2) is 17.3 Å². The number of aromatic nitrogens is 3. The summed E-state index contributed by atoms with van der Waals surface area (Å²) in [4.78, 5) is 57.4. The van der Waals surface area contributed by atoms with Crippen LogP contribution in [0.2, 0.25) is 0 Å². The minimum atomic E-state index is -1.20. The lowest BCUT2D eigenvalue weighted by Gasteiger charge is -2.17. The molecule has 1 saturated heterocycles. The fraction of sp³-hybridized carbons (Fsp3) is 0.320. The summed E-state index contributed by atoms with van der Waals surface area (Å²) >= 11 is 0. The quantitative estimate of drug-likeness (QED) is 0.242. The van der Waals surface area contributed by atoms with Gasteiger partial charge in [-0.1, -0.05) is 0 Å². The number of benzene rings is 1. The Morgan fingerprint density at radius 3 is 2.66 bits per heavy atom. The van der Waals surface area contributed by atoms with Gasteiger partial charge in [-0.15, -0.1) is 0 Å². The van der Waals surface area contributed by atoms with E-state index in [9.17, 15) is 28.0 Å². The second-order valence-corrected chi connectivity index (χ2v) is 8.91. The molecule has 1 fully saturated rings. The maximum Gasteiger partial charge on any atom is 0.414 e. The molecular weight excluding hydrogens is 544 g/mol. The average molecular weight is 570 g/mol. The lowest BCUT2D eigenvalue weighted by atomic mass is 10.2. The molecule has 14 nitrogen and oxygen atoms in total. The molecule has 214 valence electrons. The number of nitrogens with zero attached hydrogens (tertiary/aromatic N) is 5. The molecule has 41 heavy (non-hydrogen) atoms. The molecule has 0 saturated carbocycles. The van der Waals surface area contributed by atoms with Gasteiger partial charge in [-0.25, -0.2) is 18.6 Å². The first kappa shape index (κ1) is 28.7. The molecule has 1 aromatic carbocycles. The first-order valence-corrected chi connectivity index (χ1v) is 12.4. The Balaban J connectivity index is 1.29. The minimum Gasteiger partial charge on any atom is -0.442 e. The summed E-state index contributed by atoms with van der Waals surface area (Å²) in [5.74, 6) is -3.63. The standard InChI is InChI=1S/C25H25F2N9O5/c1-14(37)32-10-16-12-36(25(40)41-16)15-8-17(26)22(18(27)9-15)30-4-5-31-23(38)19(2-3-28)34-24(39)20-13-35-7-6-29-11-21(35)33-20/h6-9,11,13,16,19,30H,2,4-5,10,12H2,1H3,(H,31,38)(H,32,37)(H,34,39)/t16-,19-/m0/s1. The number of carbonyl (C=O) groups excluding carboxylic acids is 4. The summed E-state index contributed by atoms with van der Waals surface area (Å²) in [6, 6.07) is 2.55. The Bertz CT molecular complexity index is 1470. The number of rotatable bonds is 11. The summed E-state index contributed by atoms with van der Waals surface area (Å²) in [6.07, 6.45) is 4.20. The number of ether oxygens (including phenoxy) is 1. The Hall–Kier alpha value is -5.33. The molecule has 0 aliphatic carbocycles. The zero-order chi connectivity index (χ0) is 29.5. The van der Waals surface area contributed by atoms with Crippen LogP contribution in [0.5, 0.6) is 0 Å². The molecular formula is C25H25F2N9O5. The summed E-state index contributed by atoms with van der Waals surface area (Å²) in [5, 5.41) is 19.1. The highest BCUT2D eigenvalue weighted by molar-refractivity contribution is 5.96. The Morgan fingerprint density at radius 1 is 1.22 bits per heavy atom. The van der Waals surface area contributed by atoms with Gasteiger partial charge in [-0.05, 0) is 0 Å². The van der Waals surface area contributed by atoms with E-state index in [-0.39, 0.29) is 49.9 Å². The minimum absolute atomic E-state index is 0.00837. The SMILES string of the molecule is CC(=O)NC[C@H]1CN(c2cc(F)c(NCCNC(=O)[C@H](CC#N)NC(=O)c3cn4ccncc4n3)c(F)c2)C(=O)O1. The number of nitrogens with one attached hydrogen (secondary N) is 4. The molecule has 4 amide bonds. The fourth-order valence-corrected chi connectivity index (χ4v) is 3.96. The van der Waals surface area contributed by atoms with E-state index in [1.807, 2.05) is 6.07 Å². The summed E-state index contributed by atoms with van der Waals surface area (Å²) in [6.45, 7) is 1.16. The van der Waals surface area contributed by atoms with Crippen molar-refractivity contribution in [3.63, 3.8) is 0 Å². The van der Waals surface area contributed by atoms with Crippen LogP contribution in [0.1, 0.15) is 23.8 Å². The van der Waals surface area contributed by atoms with E-state index in [2.05, 4.69) is 31.2 Å². The number of nitriles is 1. The number of amides is 4. The van der Waals surface area contributed by atoms with Gasteiger partial charge in [-0.2, -0.15) is 5.26 Å². The third-order valence-corrected chi connectivity index (χ3v) is 5.93. The monoisotopic (exact) mass is 569 g/mol. The van der Waals surface area contributed by atoms with Gasteiger partial charge in [0, 0.05) is 50.7 Å². The molecule has 0 spiro atoms. The van der Waals surface area contributed by atoms with Crippen LogP contribution in [0, 0.1) is 23.0 Å². The lowest BCUT2D eigenvalue weighted by Crippen LogP contribution is -2.47. The highest BCUT2D eigenvalue weighted by Crippen LogP contribution is 2.28. The molecule has 16 heteroatoms. The van der Waals surface area contributed by atoms with Gasteiger partial charge in [0.05, 0.1) is 37.5 Å². The molecule has 0 radical (unpaired) electrons. The molecule has 3 aromatic rings. The topological polar surface area (TPSA) is 183 Å². The summed E-state index contributed by atoms with van der Waals surface area (Å²) in [5.41, 5.74) is -0.0982. The molecule has 1 aliphatic heterocycles. The van der Waals surface area contributed by atoms with Crippen LogP contribution in [0.3, 0.4) is 0 Å². The molecule has 2 aromatic heterocycles. The summed E-state index contributed by atoms with van der Waals surface area (Å²) < 4.78 is 36.1. The van der Waals surface area contributed by atoms with Crippen LogP contribution in [-0.4, -0.2) is 76.5 Å². The number of carbonyl (C=O) groups is 4. The first-order chi connectivity index (χ1) is 19.7. The predicted molar refractivity (Wildman–Crippen MR) is 139 cm³/mol. The zero-order valence-electron chi connectivity index (χ0n) is 21.7. The van der Waals surface area contributed by atoms with E-state index in [1.165, 1.54) is 25.5 Å². The van der Waals surface area contributed by atoms with Gasteiger partial charge in [0.1, 0.15) is 23.5 Å². The molecule has 4 rings (SSSR count). The number of fused-ring (bicyclic) bond motifs is 1. The molecule has 0 unspecified atom stereocenters. The van der Waals surface area contributed by atoms with E-state index in [0.29, 0.717) is 5.65 Å².